The fourth-order valence-corrected chi connectivity index (χ4v) is 4.04. The van der Waals surface area contributed by atoms with Gasteiger partial charge in [-0.05, 0) is 31.2 Å². The van der Waals surface area contributed by atoms with Gasteiger partial charge in [-0.25, -0.2) is 4.39 Å². The predicted octanol–water partition coefficient (Wildman–Crippen LogP) is 2.47. The largest absolute Gasteiger partial charge is 0.339 e. The molecule has 0 bridgehead atoms. The van der Waals surface area contributed by atoms with Crippen molar-refractivity contribution in [1.29, 1.82) is 0 Å². The van der Waals surface area contributed by atoms with Crippen molar-refractivity contribution in [2.24, 2.45) is 5.92 Å². The molecular weight excluding hydrogens is 385 g/mol. The predicted molar refractivity (Wildman–Crippen MR) is 111 cm³/mol. The summed E-state index contributed by atoms with van der Waals surface area (Å²) in [5.41, 5.74) is 1.95. The average molecular weight is 409 g/mol. The standard InChI is InChI=1S/C23H24FN3O3/c1-16-6-8-17(9-7-16)22(29)25-10-12-26(13-11-25)23(30)18-14-21(28)27(15-18)20-5-3-2-4-19(20)24/h2-9,18H,10-15H2,1H3. The van der Waals surface area contributed by atoms with Crippen LogP contribution in [-0.2, 0) is 9.59 Å². The molecule has 1 unspecified atom stereocenters. The maximum absolute atomic E-state index is 14.1. The van der Waals surface area contributed by atoms with Crippen LogP contribution < -0.4 is 4.90 Å². The molecule has 30 heavy (non-hydrogen) atoms. The molecule has 6 nitrogen and oxygen atoms in total. The molecule has 2 aliphatic heterocycles. The lowest BCUT2D eigenvalue weighted by Crippen LogP contribution is -2.52. The van der Waals surface area contributed by atoms with E-state index in [0.29, 0.717) is 31.7 Å². The SMILES string of the molecule is Cc1ccc(C(=O)N2CCN(C(=O)C3CC(=O)N(c4ccccc4F)C3)CC2)cc1. The lowest BCUT2D eigenvalue weighted by Gasteiger charge is -2.36. The highest BCUT2D eigenvalue weighted by Crippen LogP contribution is 2.28. The molecule has 2 saturated heterocycles. The minimum atomic E-state index is -0.489. The van der Waals surface area contributed by atoms with E-state index in [1.165, 1.54) is 11.0 Å². The topological polar surface area (TPSA) is 60.9 Å². The normalized spacial score (nSPS) is 19.3. The van der Waals surface area contributed by atoms with E-state index in [9.17, 15) is 18.8 Å². The van der Waals surface area contributed by atoms with Crippen molar-refractivity contribution in [2.75, 3.05) is 37.6 Å². The van der Waals surface area contributed by atoms with Crippen molar-refractivity contribution < 1.29 is 18.8 Å². The van der Waals surface area contributed by atoms with Gasteiger partial charge in [-0.3, -0.25) is 14.4 Å². The fourth-order valence-electron chi connectivity index (χ4n) is 4.04. The maximum Gasteiger partial charge on any atom is 0.253 e. The number of aryl methyl sites for hydroxylation is 1. The zero-order valence-electron chi connectivity index (χ0n) is 16.9. The lowest BCUT2D eigenvalue weighted by molar-refractivity contribution is -0.137. The number of piperazine rings is 1. The summed E-state index contributed by atoms with van der Waals surface area (Å²) >= 11 is 0. The first kappa shape index (κ1) is 20.1. The molecule has 2 aromatic carbocycles. The Kier molecular flexibility index (Phi) is 5.53. The number of para-hydroxylation sites is 1. The highest BCUT2D eigenvalue weighted by molar-refractivity contribution is 6.00. The lowest BCUT2D eigenvalue weighted by atomic mass is 10.1. The number of halogens is 1. The summed E-state index contributed by atoms with van der Waals surface area (Å²) in [5, 5.41) is 0. The molecule has 4 rings (SSSR count). The third-order valence-corrected chi connectivity index (χ3v) is 5.79. The Morgan fingerprint density at radius 2 is 1.57 bits per heavy atom. The van der Waals surface area contributed by atoms with Gasteiger partial charge >= 0.3 is 0 Å². The van der Waals surface area contributed by atoms with Gasteiger partial charge in [0.1, 0.15) is 5.82 Å². The number of anilines is 1. The molecule has 2 aromatic rings. The Bertz CT molecular complexity index is 968. The van der Waals surface area contributed by atoms with Crippen LogP contribution in [0.1, 0.15) is 22.3 Å². The minimum absolute atomic E-state index is 0.0381. The second-order valence-corrected chi connectivity index (χ2v) is 7.84. The molecule has 0 aliphatic carbocycles. The number of hydrogen-bond acceptors (Lipinski definition) is 3. The first-order chi connectivity index (χ1) is 14.4. The molecule has 0 radical (unpaired) electrons. The molecule has 156 valence electrons. The number of amides is 3. The molecule has 1 atom stereocenters. The van der Waals surface area contributed by atoms with E-state index in [1.54, 1.807) is 28.0 Å². The quantitative estimate of drug-likeness (QED) is 0.783. The Hall–Kier alpha value is -3.22. The summed E-state index contributed by atoms with van der Waals surface area (Å²) in [5.74, 6) is -1.35. The molecule has 7 heteroatoms. The molecule has 2 fully saturated rings. The number of nitrogens with zero attached hydrogens (tertiary/aromatic N) is 3. The van der Waals surface area contributed by atoms with E-state index in [4.69, 9.17) is 0 Å². The van der Waals surface area contributed by atoms with Gasteiger partial charge in [-0.1, -0.05) is 29.8 Å². The van der Waals surface area contributed by atoms with Crippen LogP contribution in [0.25, 0.3) is 0 Å². The van der Waals surface area contributed by atoms with Gasteiger partial charge in [0.15, 0.2) is 0 Å². The van der Waals surface area contributed by atoms with Crippen LogP contribution in [0.15, 0.2) is 48.5 Å². The zero-order valence-corrected chi connectivity index (χ0v) is 16.9. The molecule has 0 saturated carbocycles. The van der Waals surface area contributed by atoms with Crippen LogP contribution in [-0.4, -0.2) is 60.2 Å². The monoisotopic (exact) mass is 409 g/mol. The van der Waals surface area contributed by atoms with Gasteiger partial charge in [0, 0.05) is 44.7 Å². The molecule has 0 spiro atoms. The van der Waals surface area contributed by atoms with Crippen LogP contribution in [0, 0.1) is 18.7 Å². The van der Waals surface area contributed by atoms with Crippen molar-refractivity contribution in [3.05, 3.63) is 65.5 Å². The number of carbonyl (C=O) groups excluding carboxylic acids is 3. The molecule has 3 amide bonds. The smallest absolute Gasteiger partial charge is 0.253 e. The molecule has 0 aromatic heterocycles. The molecule has 2 aliphatic rings. The molecule has 2 heterocycles. The summed E-state index contributed by atoms with van der Waals surface area (Å²) in [7, 11) is 0. The van der Waals surface area contributed by atoms with Crippen LogP contribution in [0.3, 0.4) is 0 Å². The highest BCUT2D eigenvalue weighted by Gasteiger charge is 2.39. The number of hydrogen-bond donors (Lipinski definition) is 0. The third kappa shape index (κ3) is 3.92. The fraction of sp³-hybridized carbons (Fsp3) is 0.348. The van der Waals surface area contributed by atoms with Crippen LogP contribution in [0.2, 0.25) is 0 Å². The maximum atomic E-state index is 14.1. The number of benzene rings is 2. The van der Waals surface area contributed by atoms with Crippen molar-refractivity contribution in [3.63, 3.8) is 0 Å². The van der Waals surface area contributed by atoms with E-state index in [1.807, 2.05) is 31.2 Å². The highest BCUT2D eigenvalue weighted by atomic mass is 19.1. The van der Waals surface area contributed by atoms with Crippen LogP contribution in [0.4, 0.5) is 10.1 Å². The summed E-state index contributed by atoms with van der Waals surface area (Å²) < 4.78 is 14.1. The van der Waals surface area contributed by atoms with E-state index in [-0.39, 0.29) is 36.4 Å². The van der Waals surface area contributed by atoms with Crippen molar-refractivity contribution >= 4 is 23.4 Å². The third-order valence-electron chi connectivity index (χ3n) is 5.79. The van der Waals surface area contributed by atoms with E-state index < -0.39 is 11.7 Å². The van der Waals surface area contributed by atoms with Gasteiger partial charge in [-0.15, -0.1) is 0 Å². The van der Waals surface area contributed by atoms with Crippen LogP contribution >= 0.6 is 0 Å². The van der Waals surface area contributed by atoms with Gasteiger partial charge < -0.3 is 14.7 Å². The first-order valence-corrected chi connectivity index (χ1v) is 10.1. The number of rotatable bonds is 3. The minimum Gasteiger partial charge on any atom is -0.339 e. The van der Waals surface area contributed by atoms with E-state index >= 15 is 0 Å². The van der Waals surface area contributed by atoms with E-state index in [0.717, 1.165) is 5.56 Å². The summed E-state index contributed by atoms with van der Waals surface area (Å²) in [6.45, 7) is 3.93. The second kappa shape index (κ2) is 8.26. The summed E-state index contributed by atoms with van der Waals surface area (Å²) in [4.78, 5) is 42.8. The van der Waals surface area contributed by atoms with Gasteiger partial charge in [-0.2, -0.15) is 0 Å². The Labute approximate surface area is 174 Å². The Balaban J connectivity index is 1.35. The van der Waals surface area contributed by atoms with Crippen molar-refractivity contribution in [1.82, 2.24) is 9.80 Å². The average Bonchev–Trinajstić information content (AvgIpc) is 3.15. The van der Waals surface area contributed by atoms with Gasteiger partial charge in [0.2, 0.25) is 11.8 Å². The van der Waals surface area contributed by atoms with Gasteiger partial charge in [0.25, 0.3) is 5.91 Å². The Morgan fingerprint density at radius 3 is 2.23 bits per heavy atom. The molecule has 0 N–H and O–H groups in total. The van der Waals surface area contributed by atoms with E-state index in [2.05, 4.69) is 0 Å². The molecular formula is C23H24FN3O3. The Morgan fingerprint density at radius 1 is 0.933 bits per heavy atom. The zero-order chi connectivity index (χ0) is 21.3. The summed E-state index contributed by atoms with van der Waals surface area (Å²) in [6, 6.07) is 13.5. The van der Waals surface area contributed by atoms with Crippen molar-refractivity contribution in [2.45, 2.75) is 13.3 Å². The number of carbonyl (C=O) groups is 3. The first-order valence-electron chi connectivity index (χ1n) is 10.1. The van der Waals surface area contributed by atoms with Gasteiger partial charge in [0.05, 0.1) is 11.6 Å². The second-order valence-electron chi connectivity index (χ2n) is 7.84. The van der Waals surface area contributed by atoms with Crippen molar-refractivity contribution in [3.8, 4) is 0 Å². The van der Waals surface area contributed by atoms with Crippen LogP contribution in [0.5, 0.6) is 0 Å². The summed E-state index contributed by atoms with van der Waals surface area (Å²) in [6.07, 6.45) is 0.0790.